The van der Waals surface area contributed by atoms with E-state index in [0.717, 1.165) is 22.6 Å². The molecule has 6 nitrogen and oxygen atoms in total. The number of rotatable bonds is 6. The summed E-state index contributed by atoms with van der Waals surface area (Å²) in [5.41, 5.74) is 3.73. The first-order chi connectivity index (χ1) is 14.9. The maximum Gasteiger partial charge on any atom is 0.260 e. The number of nitrogens with zero attached hydrogens (tertiary/aromatic N) is 3. The van der Waals surface area contributed by atoms with Crippen molar-refractivity contribution in [3.8, 4) is 11.3 Å². The molecule has 0 saturated carbocycles. The normalized spacial score (nSPS) is 11.0. The molecule has 0 unspecified atom stereocenters. The molecule has 0 spiro atoms. The molecular formula is C21H16Cl2N4O2S2. The highest BCUT2D eigenvalue weighted by Gasteiger charge is 2.17. The number of anilines is 1. The van der Waals surface area contributed by atoms with Crippen LogP contribution in [0.2, 0.25) is 10.0 Å². The lowest BCUT2D eigenvalue weighted by Gasteiger charge is -2.07. The second kappa shape index (κ2) is 9.40. The Balaban J connectivity index is 1.50. The largest absolute Gasteiger partial charge is 0.361 e. The minimum absolute atomic E-state index is 0.280. The van der Waals surface area contributed by atoms with Crippen LogP contribution in [0.1, 0.15) is 27.4 Å². The number of halogens is 2. The number of aryl methyl sites for hydroxylation is 2. The van der Waals surface area contributed by atoms with Gasteiger partial charge < -0.3 is 4.52 Å². The Kier molecular flexibility index (Phi) is 6.62. The first kappa shape index (κ1) is 21.8. The van der Waals surface area contributed by atoms with Crippen molar-refractivity contribution in [2.75, 3.05) is 5.32 Å². The summed E-state index contributed by atoms with van der Waals surface area (Å²) in [6.07, 6.45) is 1.66. The van der Waals surface area contributed by atoms with Crippen molar-refractivity contribution in [3.05, 3.63) is 74.5 Å². The molecule has 0 bridgehead atoms. The van der Waals surface area contributed by atoms with Gasteiger partial charge in [-0.05, 0) is 44.2 Å². The third-order valence-electron chi connectivity index (χ3n) is 4.48. The van der Waals surface area contributed by atoms with E-state index in [2.05, 4.69) is 20.4 Å². The molecule has 0 fully saturated rings. The van der Waals surface area contributed by atoms with Gasteiger partial charge in [0, 0.05) is 33.5 Å². The van der Waals surface area contributed by atoms with Crippen molar-refractivity contribution in [1.29, 1.82) is 0 Å². The molecule has 158 valence electrons. The minimum Gasteiger partial charge on any atom is -0.361 e. The van der Waals surface area contributed by atoms with E-state index in [1.807, 2.05) is 19.2 Å². The molecule has 4 rings (SSSR count). The average Bonchev–Trinajstić information content (AvgIpc) is 3.33. The zero-order valence-corrected chi connectivity index (χ0v) is 19.6. The highest BCUT2D eigenvalue weighted by atomic mass is 35.5. The second-order valence-electron chi connectivity index (χ2n) is 6.56. The molecule has 1 aromatic carbocycles. The van der Waals surface area contributed by atoms with E-state index in [0.29, 0.717) is 37.2 Å². The number of hydrogen-bond donors (Lipinski definition) is 1. The van der Waals surface area contributed by atoms with Gasteiger partial charge in [-0.25, -0.2) is 9.97 Å². The molecular weight excluding hydrogens is 475 g/mol. The van der Waals surface area contributed by atoms with Gasteiger partial charge in [-0.3, -0.25) is 10.1 Å². The summed E-state index contributed by atoms with van der Waals surface area (Å²) in [4.78, 5) is 21.8. The second-order valence-corrected chi connectivity index (χ2v) is 9.23. The number of carbonyl (C=O) groups is 1. The van der Waals surface area contributed by atoms with E-state index in [1.54, 1.807) is 36.5 Å². The minimum atomic E-state index is -0.280. The van der Waals surface area contributed by atoms with Crippen LogP contribution in [-0.4, -0.2) is 21.0 Å². The van der Waals surface area contributed by atoms with Crippen LogP contribution in [0, 0.1) is 13.8 Å². The monoisotopic (exact) mass is 490 g/mol. The Morgan fingerprint density at radius 3 is 2.84 bits per heavy atom. The van der Waals surface area contributed by atoms with Crippen LogP contribution >= 0.6 is 46.3 Å². The van der Waals surface area contributed by atoms with E-state index in [-0.39, 0.29) is 5.91 Å². The highest BCUT2D eigenvalue weighted by Crippen LogP contribution is 2.33. The Hall–Kier alpha value is -2.39. The van der Waals surface area contributed by atoms with Crippen molar-refractivity contribution in [1.82, 2.24) is 15.1 Å². The summed E-state index contributed by atoms with van der Waals surface area (Å²) in [7, 11) is 0. The molecule has 0 aliphatic rings. The van der Waals surface area contributed by atoms with Gasteiger partial charge in [-0.1, -0.05) is 28.4 Å². The van der Waals surface area contributed by atoms with E-state index in [9.17, 15) is 4.79 Å². The molecule has 0 radical (unpaired) electrons. The Morgan fingerprint density at radius 2 is 2.10 bits per heavy atom. The lowest BCUT2D eigenvalue weighted by atomic mass is 10.2. The molecule has 4 aromatic rings. The van der Waals surface area contributed by atoms with Gasteiger partial charge in [0.25, 0.3) is 5.91 Å². The third kappa shape index (κ3) is 4.93. The van der Waals surface area contributed by atoms with Crippen LogP contribution in [0.3, 0.4) is 0 Å². The molecule has 10 heteroatoms. The molecule has 3 aromatic heterocycles. The molecule has 0 saturated heterocycles. The fraction of sp³-hybridized carbons (Fsp3) is 0.143. The summed E-state index contributed by atoms with van der Waals surface area (Å²) in [5, 5.41) is 10.8. The van der Waals surface area contributed by atoms with E-state index in [4.69, 9.17) is 27.7 Å². The summed E-state index contributed by atoms with van der Waals surface area (Å²) in [6.45, 7) is 3.76. The van der Waals surface area contributed by atoms with Gasteiger partial charge in [0.15, 0.2) is 5.13 Å². The number of hydrogen-bond acceptors (Lipinski definition) is 7. The zero-order chi connectivity index (χ0) is 22.0. The molecule has 1 amide bonds. The van der Waals surface area contributed by atoms with Gasteiger partial charge in [-0.2, -0.15) is 0 Å². The van der Waals surface area contributed by atoms with Crippen molar-refractivity contribution >= 4 is 57.3 Å². The number of thioether (sulfide) groups is 1. The van der Waals surface area contributed by atoms with Gasteiger partial charge in [0.05, 0.1) is 22.0 Å². The van der Waals surface area contributed by atoms with Crippen LogP contribution in [0.4, 0.5) is 5.13 Å². The van der Waals surface area contributed by atoms with Crippen LogP contribution in [0.25, 0.3) is 11.3 Å². The zero-order valence-electron chi connectivity index (χ0n) is 16.5. The fourth-order valence-corrected chi connectivity index (χ4v) is 5.20. The number of thiazole rings is 1. The third-order valence-corrected chi connectivity index (χ3v) is 6.82. The standard InChI is InChI=1S/C21H16Cl2N4O2S2/c1-11-16(12(2)29-27-11)9-30-20-15(4-3-7-24-20)19(28)26-21-25-18(10-31-21)14-6-5-13(22)8-17(14)23/h3-8,10H,9H2,1-2H3,(H,25,26,28). The first-order valence-corrected chi connectivity index (χ1v) is 11.8. The Labute approximate surface area is 197 Å². The van der Waals surface area contributed by atoms with Crippen molar-refractivity contribution in [2.45, 2.75) is 24.6 Å². The molecule has 1 N–H and O–H groups in total. The lowest BCUT2D eigenvalue weighted by molar-refractivity contribution is 0.102. The maximum absolute atomic E-state index is 12.9. The van der Waals surface area contributed by atoms with Crippen LogP contribution in [0.15, 0.2) is 51.5 Å². The predicted molar refractivity (Wildman–Crippen MR) is 125 cm³/mol. The van der Waals surface area contributed by atoms with Crippen molar-refractivity contribution < 1.29 is 9.32 Å². The fourth-order valence-electron chi connectivity index (χ4n) is 2.84. The lowest BCUT2D eigenvalue weighted by Crippen LogP contribution is -2.13. The topological polar surface area (TPSA) is 80.9 Å². The summed E-state index contributed by atoms with van der Waals surface area (Å²) in [6, 6.07) is 8.68. The molecule has 0 atom stereocenters. The predicted octanol–water partition coefficient (Wildman–Crippen LogP) is 6.66. The maximum atomic E-state index is 12.9. The van der Waals surface area contributed by atoms with Gasteiger partial charge in [-0.15, -0.1) is 23.1 Å². The number of amides is 1. The molecule has 0 aliphatic carbocycles. The number of carbonyl (C=O) groups excluding carboxylic acids is 1. The quantitative estimate of drug-likeness (QED) is 0.304. The number of aromatic nitrogens is 3. The van der Waals surface area contributed by atoms with Gasteiger partial charge in [0.1, 0.15) is 10.8 Å². The highest BCUT2D eigenvalue weighted by molar-refractivity contribution is 7.98. The molecule has 31 heavy (non-hydrogen) atoms. The van der Waals surface area contributed by atoms with Gasteiger partial charge in [0.2, 0.25) is 0 Å². The summed E-state index contributed by atoms with van der Waals surface area (Å²) >= 11 is 15.0. The van der Waals surface area contributed by atoms with E-state index in [1.165, 1.54) is 23.1 Å². The van der Waals surface area contributed by atoms with Crippen molar-refractivity contribution in [2.24, 2.45) is 0 Å². The Morgan fingerprint density at radius 1 is 1.26 bits per heavy atom. The number of pyridine rings is 1. The molecule has 3 heterocycles. The van der Waals surface area contributed by atoms with E-state index >= 15 is 0 Å². The summed E-state index contributed by atoms with van der Waals surface area (Å²) in [5.74, 6) is 1.09. The van der Waals surface area contributed by atoms with Gasteiger partial charge >= 0.3 is 0 Å². The van der Waals surface area contributed by atoms with Crippen molar-refractivity contribution in [3.63, 3.8) is 0 Å². The van der Waals surface area contributed by atoms with Crippen LogP contribution in [0.5, 0.6) is 0 Å². The van der Waals surface area contributed by atoms with E-state index < -0.39 is 0 Å². The number of benzene rings is 1. The van der Waals surface area contributed by atoms with Crippen LogP contribution < -0.4 is 5.32 Å². The molecule has 0 aliphatic heterocycles. The SMILES string of the molecule is Cc1noc(C)c1CSc1ncccc1C(=O)Nc1nc(-c2ccc(Cl)cc2Cl)cs1. The smallest absolute Gasteiger partial charge is 0.260 e. The average molecular weight is 491 g/mol. The van der Waals surface area contributed by atoms with Crippen LogP contribution in [-0.2, 0) is 5.75 Å². The summed E-state index contributed by atoms with van der Waals surface area (Å²) < 4.78 is 5.21. The number of nitrogens with one attached hydrogen (secondary N) is 1. The Bertz CT molecular complexity index is 1240. The first-order valence-electron chi connectivity index (χ1n) is 9.14.